The molecule has 0 aliphatic carbocycles. The van der Waals surface area contributed by atoms with Crippen LogP contribution in [-0.2, 0) is 9.59 Å². The summed E-state index contributed by atoms with van der Waals surface area (Å²) in [6.07, 6.45) is 1.38. The maximum Gasteiger partial charge on any atom is 0.331 e. The van der Waals surface area contributed by atoms with E-state index in [-0.39, 0.29) is 18.8 Å². The standard InChI is InChI=1S/C8H16N2O3.ClH/c1-6(11)8(10,7(12)13)4-2-3-5-9;/h2-5,9-10H2,1H3,(H,12,13);1H. The largest absolute Gasteiger partial charge is 0.480 e. The molecule has 5 nitrogen and oxygen atoms in total. The highest BCUT2D eigenvalue weighted by molar-refractivity contribution is 6.06. The van der Waals surface area contributed by atoms with E-state index in [1.165, 1.54) is 6.92 Å². The van der Waals surface area contributed by atoms with E-state index in [1.807, 2.05) is 0 Å². The van der Waals surface area contributed by atoms with Crippen LogP contribution < -0.4 is 11.5 Å². The van der Waals surface area contributed by atoms with Gasteiger partial charge < -0.3 is 16.6 Å². The number of rotatable bonds is 6. The highest BCUT2D eigenvalue weighted by Crippen LogP contribution is 2.12. The molecule has 0 aromatic heterocycles. The summed E-state index contributed by atoms with van der Waals surface area (Å²) in [4.78, 5) is 21.6. The molecule has 0 fully saturated rings. The van der Waals surface area contributed by atoms with Crippen LogP contribution in [0.3, 0.4) is 0 Å². The van der Waals surface area contributed by atoms with Crippen LogP contribution in [0.5, 0.6) is 0 Å². The zero-order valence-corrected chi connectivity index (χ0v) is 8.97. The Morgan fingerprint density at radius 1 is 1.36 bits per heavy atom. The lowest BCUT2D eigenvalue weighted by molar-refractivity contribution is -0.148. The summed E-state index contributed by atoms with van der Waals surface area (Å²) in [5.41, 5.74) is 8.94. The summed E-state index contributed by atoms with van der Waals surface area (Å²) in [7, 11) is 0. The van der Waals surface area contributed by atoms with Gasteiger partial charge in [0, 0.05) is 0 Å². The number of carboxylic acid groups (broad SMARTS) is 1. The van der Waals surface area contributed by atoms with E-state index in [0.29, 0.717) is 19.4 Å². The van der Waals surface area contributed by atoms with Gasteiger partial charge >= 0.3 is 5.97 Å². The fourth-order valence-electron chi connectivity index (χ4n) is 0.982. The molecule has 1 atom stereocenters. The Balaban J connectivity index is 0. The van der Waals surface area contributed by atoms with Crippen molar-refractivity contribution < 1.29 is 14.7 Å². The Kier molecular flexibility index (Phi) is 7.62. The van der Waals surface area contributed by atoms with E-state index in [2.05, 4.69) is 0 Å². The molecule has 0 aliphatic rings. The molecule has 0 bridgehead atoms. The van der Waals surface area contributed by atoms with Gasteiger partial charge in [0.25, 0.3) is 0 Å². The summed E-state index contributed by atoms with van der Waals surface area (Å²) in [6, 6.07) is 0. The van der Waals surface area contributed by atoms with Crippen molar-refractivity contribution in [2.75, 3.05) is 6.54 Å². The fraction of sp³-hybridized carbons (Fsp3) is 0.750. The number of Topliss-reactive ketones (excluding diaryl/α,β-unsaturated/α-hetero) is 1. The number of carboxylic acids is 1. The minimum Gasteiger partial charge on any atom is -0.480 e. The molecule has 1 unspecified atom stereocenters. The van der Waals surface area contributed by atoms with E-state index < -0.39 is 17.3 Å². The lowest BCUT2D eigenvalue weighted by Crippen LogP contribution is -2.53. The van der Waals surface area contributed by atoms with Crippen molar-refractivity contribution in [1.82, 2.24) is 0 Å². The van der Waals surface area contributed by atoms with Crippen LogP contribution in [-0.4, -0.2) is 28.9 Å². The molecule has 0 aromatic carbocycles. The zero-order valence-electron chi connectivity index (χ0n) is 8.16. The molecule has 0 aromatic rings. The van der Waals surface area contributed by atoms with Gasteiger partial charge in [-0.25, -0.2) is 4.79 Å². The average molecular weight is 225 g/mol. The van der Waals surface area contributed by atoms with Gasteiger partial charge in [-0.2, -0.15) is 0 Å². The van der Waals surface area contributed by atoms with E-state index in [0.717, 1.165) is 0 Å². The van der Waals surface area contributed by atoms with Gasteiger partial charge in [0.2, 0.25) is 0 Å². The smallest absolute Gasteiger partial charge is 0.331 e. The van der Waals surface area contributed by atoms with Gasteiger partial charge in [-0.1, -0.05) is 0 Å². The normalized spacial score (nSPS) is 13.9. The number of hydrogen-bond acceptors (Lipinski definition) is 4. The molecular weight excluding hydrogens is 208 g/mol. The third kappa shape index (κ3) is 4.04. The van der Waals surface area contributed by atoms with Crippen molar-refractivity contribution in [1.29, 1.82) is 0 Å². The first-order chi connectivity index (χ1) is 5.95. The molecule has 6 heteroatoms. The van der Waals surface area contributed by atoms with Crippen molar-refractivity contribution in [3.05, 3.63) is 0 Å². The van der Waals surface area contributed by atoms with E-state index in [4.69, 9.17) is 16.6 Å². The maximum atomic E-state index is 11.0. The first kappa shape index (κ1) is 15.8. The lowest BCUT2D eigenvalue weighted by atomic mass is 9.90. The van der Waals surface area contributed by atoms with Crippen LogP contribution >= 0.6 is 12.4 Å². The SMILES string of the molecule is CC(=O)C(N)(CCCCN)C(=O)O.Cl. The molecule has 0 rings (SSSR count). The molecule has 0 aliphatic heterocycles. The predicted molar refractivity (Wildman–Crippen MR) is 55.4 cm³/mol. The number of aliphatic carboxylic acids is 1. The second-order valence-corrected chi connectivity index (χ2v) is 3.08. The summed E-state index contributed by atoms with van der Waals surface area (Å²) in [6.45, 7) is 1.67. The van der Waals surface area contributed by atoms with Gasteiger partial charge in [0.1, 0.15) is 0 Å². The van der Waals surface area contributed by atoms with Crippen LogP contribution in [0.25, 0.3) is 0 Å². The number of hydrogen-bond donors (Lipinski definition) is 3. The summed E-state index contributed by atoms with van der Waals surface area (Å²) >= 11 is 0. The minimum atomic E-state index is -1.73. The van der Waals surface area contributed by atoms with Crippen LogP contribution in [0.1, 0.15) is 26.2 Å². The van der Waals surface area contributed by atoms with Gasteiger partial charge in [-0.3, -0.25) is 4.79 Å². The highest BCUT2D eigenvalue weighted by atomic mass is 35.5. The lowest BCUT2D eigenvalue weighted by Gasteiger charge is -2.20. The minimum absolute atomic E-state index is 0. The average Bonchev–Trinajstić information content (AvgIpc) is 2.03. The first-order valence-corrected chi connectivity index (χ1v) is 4.18. The number of nitrogens with two attached hydrogens (primary N) is 2. The molecule has 0 saturated carbocycles. The fourth-order valence-corrected chi connectivity index (χ4v) is 0.982. The zero-order chi connectivity index (χ0) is 10.5. The molecule has 0 spiro atoms. The van der Waals surface area contributed by atoms with Crippen molar-refractivity contribution >= 4 is 24.2 Å². The number of unbranched alkanes of at least 4 members (excludes halogenated alkanes) is 1. The third-order valence-electron chi connectivity index (χ3n) is 2.04. The Morgan fingerprint density at radius 2 is 1.86 bits per heavy atom. The topological polar surface area (TPSA) is 106 Å². The summed E-state index contributed by atoms with van der Waals surface area (Å²) < 4.78 is 0. The van der Waals surface area contributed by atoms with Gasteiger partial charge in [-0.05, 0) is 32.7 Å². The third-order valence-corrected chi connectivity index (χ3v) is 2.04. The summed E-state index contributed by atoms with van der Waals surface area (Å²) in [5, 5.41) is 8.73. The van der Waals surface area contributed by atoms with Crippen molar-refractivity contribution in [3.8, 4) is 0 Å². The number of ketones is 1. The molecule has 0 saturated heterocycles. The Hall–Kier alpha value is -0.650. The van der Waals surface area contributed by atoms with E-state index in [9.17, 15) is 9.59 Å². The molecule has 0 amide bonds. The summed E-state index contributed by atoms with van der Waals surface area (Å²) in [5.74, 6) is -1.78. The van der Waals surface area contributed by atoms with Crippen molar-refractivity contribution in [3.63, 3.8) is 0 Å². The molecule has 14 heavy (non-hydrogen) atoms. The quantitative estimate of drug-likeness (QED) is 0.432. The molecule has 84 valence electrons. The molecular formula is C8H17ClN2O3. The van der Waals surface area contributed by atoms with E-state index in [1.54, 1.807) is 0 Å². The Bertz CT molecular complexity index is 195. The van der Waals surface area contributed by atoms with Crippen LogP contribution in [0.15, 0.2) is 0 Å². The Labute approximate surface area is 89.2 Å². The molecule has 5 N–H and O–H groups in total. The van der Waals surface area contributed by atoms with Gasteiger partial charge in [0.05, 0.1) is 0 Å². The molecule has 0 heterocycles. The number of carbonyl (C=O) groups excluding carboxylic acids is 1. The molecule has 0 radical (unpaired) electrons. The van der Waals surface area contributed by atoms with Gasteiger partial charge in [0.15, 0.2) is 11.3 Å². The van der Waals surface area contributed by atoms with Crippen LogP contribution in [0, 0.1) is 0 Å². The van der Waals surface area contributed by atoms with Crippen molar-refractivity contribution in [2.45, 2.75) is 31.7 Å². The highest BCUT2D eigenvalue weighted by Gasteiger charge is 2.38. The Morgan fingerprint density at radius 3 is 2.14 bits per heavy atom. The second kappa shape index (κ2) is 6.75. The first-order valence-electron chi connectivity index (χ1n) is 4.18. The number of carbonyl (C=O) groups is 2. The van der Waals surface area contributed by atoms with Crippen molar-refractivity contribution in [2.24, 2.45) is 11.5 Å². The van der Waals surface area contributed by atoms with Gasteiger partial charge in [-0.15, -0.1) is 12.4 Å². The predicted octanol–water partition coefficient (Wildman–Crippen LogP) is -0.0917. The number of halogens is 1. The maximum absolute atomic E-state index is 11.0. The van der Waals surface area contributed by atoms with E-state index >= 15 is 0 Å². The second-order valence-electron chi connectivity index (χ2n) is 3.08. The van der Waals surface area contributed by atoms with Crippen LogP contribution in [0.4, 0.5) is 0 Å². The van der Waals surface area contributed by atoms with Crippen LogP contribution in [0.2, 0.25) is 0 Å². The monoisotopic (exact) mass is 224 g/mol.